The van der Waals surface area contributed by atoms with Gasteiger partial charge in [-0.2, -0.15) is 0 Å². The van der Waals surface area contributed by atoms with Crippen molar-refractivity contribution in [2.75, 3.05) is 36.8 Å². The Hall–Kier alpha value is -2.22. The normalized spacial score (nSPS) is 14.5. The lowest BCUT2D eigenvalue weighted by Gasteiger charge is -2.26. The minimum absolute atomic E-state index is 0.0117. The Morgan fingerprint density at radius 1 is 1.23 bits per heavy atom. The number of nitrogen functional groups attached to an aromatic ring is 1. The Balaban J connectivity index is 1.51. The molecule has 0 unspecified atom stereocenters. The zero-order chi connectivity index (χ0) is 17.9. The molecule has 4 rings (SSSR count). The molecule has 2 aromatic heterocycles. The maximum Gasteiger partial charge on any atom is 0.186 e. The first kappa shape index (κ1) is 17.2. The minimum atomic E-state index is 0.0117. The number of thiazole rings is 1. The van der Waals surface area contributed by atoms with E-state index in [1.54, 1.807) is 11.3 Å². The number of nitrogens with two attached hydrogens (primary N) is 1. The highest BCUT2D eigenvalue weighted by Crippen LogP contribution is 2.29. The maximum atomic E-state index is 12.7. The fourth-order valence-corrected chi connectivity index (χ4v) is 4.62. The van der Waals surface area contributed by atoms with Crippen molar-refractivity contribution < 1.29 is 4.79 Å². The summed E-state index contributed by atoms with van der Waals surface area (Å²) in [6.07, 6.45) is 0.274. The number of carbonyl (C=O) groups excluding carboxylic acids is 1. The average molecular weight is 385 g/mol. The quantitative estimate of drug-likeness (QED) is 0.522. The number of aromatic nitrogens is 1. The van der Waals surface area contributed by atoms with E-state index < -0.39 is 0 Å². The van der Waals surface area contributed by atoms with Crippen molar-refractivity contribution in [3.63, 3.8) is 0 Å². The van der Waals surface area contributed by atoms with Gasteiger partial charge < -0.3 is 16.0 Å². The molecule has 3 N–H and O–H groups in total. The van der Waals surface area contributed by atoms with Gasteiger partial charge in [-0.05, 0) is 34.7 Å². The van der Waals surface area contributed by atoms with Crippen LogP contribution in [0.15, 0.2) is 41.1 Å². The lowest BCUT2D eigenvalue weighted by atomic mass is 10.0. The second kappa shape index (κ2) is 7.57. The number of nitrogens with zero attached hydrogens (tertiary/aromatic N) is 2. The molecule has 1 saturated heterocycles. The van der Waals surface area contributed by atoms with Gasteiger partial charge in [-0.3, -0.25) is 4.79 Å². The molecule has 3 heterocycles. The van der Waals surface area contributed by atoms with Gasteiger partial charge in [0.2, 0.25) is 0 Å². The van der Waals surface area contributed by atoms with Crippen molar-refractivity contribution in [1.29, 1.82) is 0 Å². The lowest BCUT2D eigenvalue weighted by molar-refractivity contribution is 0.0989. The van der Waals surface area contributed by atoms with E-state index >= 15 is 0 Å². The van der Waals surface area contributed by atoms with Crippen LogP contribution in [0.1, 0.15) is 16.1 Å². The third-order valence-corrected chi connectivity index (χ3v) is 6.29. The van der Waals surface area contributed by atoms with Gasteiger partial charge in [0, 0.05) is 48.5 Å². The molecule has 7 heteroatoms. The molecular weight excluding hydrogens is 364 g/mol. The summed E-state index contributed by atoms with van der Waals surface area (Å²) in [5.74, 6) is 0.0117. The fourth-order valence-electron chi connectivity index (χ4n) is 3.01. The molecule has 134 valence electrons. The predicted molar refractivity (Wildman–Crippen MR) is 109 cm³/mol. The van der Waals surface area contributed by atoms with E-state index in [2.05, 4.69) is 21.3 Å². The molecule has 1 aliphatic rings. The summed E-state index contributed by atoms with van der Waals surface area (Å²) in [5.41, 5.74) is 9.24. The number of Topliss-reactive ketones (excluding diaryl/α,β-unsaturated/α-hetero) is 1. The van der Waals surface area contributed by atoms with Crippen molar-refractivity contribution in [3.05, 3.63) is 52.3 Å². The van der Waals surface area contributed by atoms with Crippen molar-refractivity contribution >= 4 is 39.3 Å². The first-order chi connectivity index (χ1) is 12.7. The number of anilines is 2. The first-order valence-corrected chi connectivity index (χ1v) is 10.3. The Labute approximate surface area is 160 Å². The van der Waals surface area contributed by atoms with Crippen LogP contribution in [0.25, 0.3) is 10.4 Å². The molecule has 5 nitrogen and oxygen atoms in total. The monoisotopic (exact) mass is 384 g/mol. The van der Waals surface area contributed by atoms with Crippen LogP contribution < -0.4 is 16.0 Å². The number of piperazine rings is 1. The predicted octanol–water partition coefficient (Wildman–Crippen LogP) is 3.29. The molecule has 1 aliphatic heterocycles. The van der Waals surface area contributed by atoms with Gasteiger partial charge in [0.25, 0.3) is 0 Å². The number of ketones is 1. The number of carbonyl (C=O) groups is 1. The summed E-state index contributed by atoms with van der Waals surface area (Å²) in [5, 5.41) is 8.16. The van der Waals surface area contributed by atoms with Crippen LogP contribution in [0.4, 0.5) is 10.8 Å². The van der Waals surface area contributed by atoms with E-state index in [-0.39, 0.29) is 12.2 Å². The highest BCUT2D eigenvalue weighted by Gasteiger charge is 2.18. The van der Waals surface area contributed by atoms with E-state index in [9.17, 15) is 4.79 Å². The average Bonchev–Trinajstić information content (AvgIpc) is 3.36. The van der Waals surface area contributed by atoms with Gasteiger partial charge in [0.1, 0.15) is 5.69 Å². The van der Waals surface area contributed by atoms with Gasteiger partial charge in [0.05, 0.1) is 0 Å². The third-order valence-electron chi connectivity index (χ3n) is 4.46. The molecule has 3 aromatic rings. The Morgan fingerprint density at radius 2 is 2.08 bits per heavy atom. The number of nitrogens with one attached hydrogen (secondary N) is 1. The van der Waals surface area contributed by atoms with Gasteiger partial charge in [-0.15, -0.1) is 22.7 Å². The van der Waals surface area contributed by atoms with E-state index in [4.69, 9.17) is 5.73 Å². The fraction of sp³-hybridized carbons (Fsp3) is 0.263. The van der Waals surface area contributed by atoms with E-state index in [1.807, 2.05) is 35.0 Å². The van der Waals surface area contributed by atoms with E-state index in [0.29, 0.717) is 11.4 Å². The van der Waals surface area contributed by atoms with Gasteiger partial charge >= 0.3 is 0 Å². The molecule has 1 fully saturated rings. The van der Waals surface area contributed by atoms with Crippen LogP contribution in [0, 0.1) is 0 Å². The molecule has 0 saturated carbocycles. The summed E-state index contributed by atoms with van der Waals surface area (Å²) >= 11 is 3.21. The van der Waals surface area contributed by atoms with Crippen LogP contribution in [-0.4, -0.2) is 36.9 Å². The van der Waals surface area contributed by atoms with E-state index in [0.717, 1.165) is 42.4 Å². The zero-order valence-corrected chi connectivity index (χ0v) is 15.9. The largest absolute Gasteiger partial charge is 0.398 e. The zero-order valence-electron chi connectivity index (χ0n) is 14.3. The van der Waals surface area contributed by atoms with Crippen molar-refractivity contribution in [2.24, 2.45) is 0 Å². The molecule has 0 atom stereocenters. The lowest BCUT2D eigenvalue weighted by Crippen LogP contribution is -2.43. The second-order valence-corrected chi connectivity index (χ2v) is 8.03. The van der Waals surface area contributed by atoms with Crippen LogP contribution in [0.3, 0.4) is 0 Å². The van der Waals surface area contributed by atoms with Gasteiger partial charge in [0.15, 0.2) is 10.9 Å². The summed E-state index contributed by atoms with van der Waals surface area (Å²) in [4.78, 5) is 20.7. The Kier molecular flexibility index (Phi) is 5.01. The smallest absolute Gasteiger partial charge is 0.186 e. The molecular formula is C19H20N4OS2. The summed E-state index contributed by atoms with van der Waals surface area (Å²) < 4.78 is 0. The topological polar surface area (TPSA) is 71.2 Å². The Bertz CT molecular complexity index is 898. The van der Waals surface area contributed by atoms with Crippen LogP contribution >= 0.6 is 22.7 Å². The van der Waals surface area contributed by atoms with E-state index in [1.165, 1.54) is 16.2 Å². The van der Waals surface area contributed by atoms with Crippen LogP contribution in [0.5, 0.6) is 0 Å². The molecule has 0 aliphatic carbocycles. The number of benzene rings is 1. The summed E-state index contributed by atoms with van der Waals surface area (Å²) in [7, 11) is 0. The highest BCUT2D eigenvalue weighted by molar-refractivity contribution is 7.14. The number of thiophene rings is 1. The summed E-state index contributed by atoms with van der Waals surface area (Å²) in [6, 6.07) is 9.99. The van der Waals surface area contributed by atoms with Crippen molar-refractivity contribution in [1.82, 2.24) is 10.3 Å². The highest BCUT2D eigenvalue weighted by atomic mass is 32.1. The molecule has 0 bridgehead atoms. The van der Waals surface area contributed by atoms with Gasteiger partial charge in [-0.1, -0.05) is 12.1 Å². The second-order valence-electron chi connectivity index (χ2n) is 6.24. The molecule has 26 heavy (non-hydrogen) atoms. The van der Waals surface area contributed by atoms with Crippen molar-refractivity contribution in [3.8, 4) is 10.4 Å². The first-order valence-electron chi connectivity index (χ1n) is 8.57. The molecule has 0 spiro atoms. The molecule has 0 amide bonds. The van der Waals surface area contributed by atoms with Gasteiger partial charge in [-0.25, -0.2) is 4.98 Å². The van der Waals surface area contributed by atoms with Crippen molar-refractivity contribution in [2.45, 2.75) is 6.42 Å². The molecule has 1 aromatic carbocycles. The molecule has 0 radical (unpaired) electrons. The Morgan fingerprint density at radius 3 is 2.85 bits per heavy atom. The minimum Gasteiger partial charge on any atom is -0.398 e. The SMILES string of the molecule is Nc1ccc(-c2cccs2)cc1CC(=O)c1csc(N2CCNCC2)n1. The number of hydrogen-bond donors (Lipinski definition) is 2. The number of hydrogen-bond acceptors (Lipinski definition) is 7. The van der Waals surface area contributed by atoms with Crippen LogP contribution in [-0.2, 0) is 6.42 Å². The standard InChI is InChI=1S/C19H20N4OS2/c20-15-4-3-13(18-2-1-9-25-18)10-14(15)11-17(24)16-12-26-19(22-16)23-7-5-21-6-8-23/h1-4,9-10,12,21H,5-8,11,20H2. The third kappa shape index (κ3) is 3.65. The van der Waals surface area contributed by atoms with Crippen LogP contribution in [0.2, 0.25) is 0 Å². The summed E-state index contributed by atoms with van der Waals surface area (Å²) in [6.45, 7) is 3.76. The number of rotatable bonds is 5. The maximum absolute atomic E-state index is 12.7.